The first-order valence-corrected chi connectivity index (χ1v) is 55.1. The number of esters is 2. The molecule has 0 spiro atoms. The van der Waals surface area contributed by atoms with E-state index in [2.05, 4.69) is 100 Å². The fourth-order valence-electron chi connectivity index (χ4n) is 13.8. The van der Waals surface area contributed by atoms with Crippen molar-refractivity contribution in [3.8, 4) is 33.4 Å². The van der Waals surface area contributed by atoms with Gasteiger partial charge in [0.25, 0.3) is 11.8 Å². The molecule has 20 N–H and O–H groups in total. The quantitative estimate of drug-likeness (QED) is 0.00320. The van der Waals surface area contributed by atoms with E-state index in [-0.39, 0.29) is 103 Å². The number of benzene rings is 8. The van der Waals surface area contributed by atoms with Crippen LogP contribution >= 0.6 is 0 Å². The molecule has 35 nitrogen and oxygen atoms in total. The van der Waals surface area contributed by atoms with E-state index in [9.17, 15) is 58.5 Å². The first-order chi connectivity index (χ1) is 62.4. The van der Waals surface area contributed by atoms with Gasteiger partial charge in [0.05, 0.1) is 58.1 Å². The molecule has 8 aromatic carbocycles. The van der Waals surface area contributed by atoms with Crippen LogP contribution in [0, 0.1) is 5.92 Å². The molecule has 0 aromatic heterocycles. The van der Waals surface area contributed by atoms with Gasteiger partial charge in [-0.05, 0) is 274 Å². The maximum Gasteiger partial charge on any atom is 0.338 e. The van der Waals surface area contributed by atoms with Crippen LogP contribution in [0.25, 0.3) is 33.4 Å². The maximum absolute atomic E-state index is 13.4. The molecule has 0 heterocycles. The number of amides is 2. The lowest BCUT2D eigenvalue weighted by Gasteiger charge is -2.34. The molecule has 0 atom stereocenters. The number of carboxylic acids is 4. The Kier molecular flexibility index (Phi) is 48.6. The van der Waals surface area contributed by atoms with Gasteiger partial charge in [-0.2, -0.15) is 0 Å². The van der Waals surface area contributed by atoms with E-state index in [0.717, 1.165) is 61.1 Å². The standard InChI is InChI=1S/C31H35N3O10.C28H43NO7Si2.C16H14O8.C10H28N2OSi2.C8H10N2O/c1-18(2)30(38)41-9-10-42-31(39)22-12-24(32-3)15-25(13-22)34-28(35)27-14-20(7-8-26(27)29(36)37)19-5-6-21(17-44-40)23(11-19)16-43-33-4;1-7-8-15-37(3,4)36-38(5,6)16-9-14-29-27(30)26-18-22(12-13-25(26)28(31)32)21-10-11-23(20-35-33)24(17-21)19-34-2;17-15(18)13-4-3-10(6-14(13)16(19)20)9-1-2-11(7-23-21)12(5-9)8-24-22;1-14(2,9-5-7-11)13-15(3,4)10-6-8-12;1-5(11)6-2-7(9)4-8(10)3-6/h5-8,11-15,18,32-33,40H,9-10,16-17H2,1-4H3,(H,34,35)(H,36,37);10-13,17-18,33H,7-9,14-16,19-20H2,1-6H3,(H,29,30)(H,31,32);1-6,21-22H,7-8H2,(H,17,18)(H,19,20);5-12H2,1-4H3;2-4H,9-10H2,1H3. The number of nitrogens with two attached hydrogens (primary N) is 4. The minimum atomic E-state index is -1.86. The van der Waals surface area contributed by atoms with Crippen molar-refractivity contribution in [3.05, 3.63) is 223 Å². The summed E-state index contributed by atoms with van der Waals surface area (Å²) in [5.74, 6) is -7.72. The summed E-state index contributed by atoms with van der Waals surface area (Å²) >= 11 is 0. The van der Waals surface area contributed by atoms with Crippen LogP contribution in [0.5, 0.6) is 0 Å². The van der Waals surface area contributed by atoms with Crippen LogP contribution in [0.4, 0.5) is 22.7 Å². The number of unbranched alkanes of at least 4 members (excludes halogenated alkanes) is 1. The zero-order valence-corrected chi connectivity index (χ0v) is 81.7. The monoisotopic (exact) mass is 1900 g/mol. The van der Waals surface area contributed by atoms with Gasteiger partial charge in [0.15, 0.2) is 39.1 Å². The number of ketones is 1. The van der Waals surface area contributed by atoms with Gasteiger partial charge in [0, 0.05) is 56.1 Å². The number of carbonyl (C=O) groups is 9. The van der Waals surface area contributed by atoms with Crippen molar-refractivity contribution in [1.82, 2.24) is 10.8 Å². The number of carbonyl (C=O) groups excluding carboxylic acids is 5. The van der Waals surface area contributed by atoms with E-state index < -0.39 is 80.9 Å². The number of nitrogen functional groups attached to an aromatic ring is 2. The Bertz CT molecular complexity index is 5120. The molecule has 39 heteroatoms. The first-order valence-electron chi connectivity index (χ1n) is 42.7. The van der Waals surface area contributed by atoms with Crippen molar-refractivity contribution in [2.24, 2.45) is 17.4 Å². The third-order valence-electron chi connectivity index (χ3n) is 20.2. The Morgan fingerprint density at radius 2 is 0.780 bits per heavy atom. The fraction of sp³-hybridized carbons (Fsp3) is 0.387. The summed E-state index contributed by atoms with van der Waals surface area (Å²) in [6.45, 7) is 27.2. The maximum atomic E-state index is 13.4. The van der Waals surface area contributed by atoms with Gasteiger partial charge < -0.3 is 81.8 Å². The van der Waals surface area contributed by atoms with Crippen molar-refractivity contribution in [2.75, 3.05) is 76.2 Å². The van der Waals surface area contributed by atoms with Crippen molar-refractivity contribution in [2.45, 2.75) is 176 Å². The van der Waals surface area contributed by atoms with E-state index in [1.54, 1.807) is 114 Å². The van der Waals surface area contributed by atoms with Gasteiger partial charge in [-0.25, -0.2) is 49.0 Å². The number of hydrogen-bond acceptors (Lipinski definition) is 29. The Morgan fingerprint density at radius 1 is 0.409 bits per heavy atom. The number of rotatable bonds is 47. The molecular weight excluding hydrogens is 1770 g/mol. The molecule has 132 heavy (non-hydrogen) atoms. The highest BCUT2D eigenvalue weighted by atomic mass is 28.4. The zero-order chi connectivity index (χ0) is 98.6. The molecule has 0 aliphatic rings. The summed E-state index contributed by atoms with van der Waals surface area (Å²) in [6, 6.07) is 42.5. The Hall–Kier alpha value is -11.1. The fourth-order valence-corrected chi connectivity index (χ4v) is 31.8. The number of nitrogens with one attached hydrogen (secondary N) is 4. The normalized spacial score (nSPS) is 11.3. The average Bonchev–Trinajstić information content (AvgIpc) is 0.866. The van der Waals surface area contributed by atoms with Crippen LogP contribution < -0.4 is 44.4 Å². The Labute approximate surface area is 773 Å². The van der Waals surface area contributed by atoms with Crippen LogP contribution in [0.2, 0.25) is 76.6 Å². The van der Waals surface area contributed by atoms with Gasteiger partial charge in [0.2, 0.25) is 0 Å². The van der Waals surface area contributed by atoms with Crippen molar-refractivity contribution in [1.29, 1.82) is 0 Å². The molecule has 8 aromatic rings. The van der Waals surface area contributed by atoms with Crippen LogP contribution in [-0.4, -0.2) is 182 Å². The highest BCUT2D eigenvalue weighted by Crippen LogP contribution is 2.33. The molecule has 0 fully saturated rings. The second kappa shape index (κ2) is 56.7. The number of methoxy groups -OCH3 is 1. The zero-order valence-electron chi connectivity index (χ0n) is 77.7. The number of ether oxygens (including phenoxy) is 3. The summed E-state index contributed by atoms with van der Waals surface area (Å²) in [7, 11) is -1.68. The van der Waals surface area contributed by atoms with Crippen molar-refractivity contribution >= 4 is 109 Å². The smallest absolute Gasteiger partial charge is 0.338 e. The molecule has 0 aliphatic carbocycles. The lowest BCUT2D eigenvalue weighted by atomic mass is 9.95. The van der Waals surface area contributed by atoms with E-state index in [4.69, 9.17) is 76.3 Å². The van der Waals surface area contributed by atoms with Gasteiger partial charge in [-0.3, -0.25) is 45.0 Å². The predicted molar refractivity (Wildman–Crippen MR) is 514 cm³/mol. The number of aromatic carboxylic acids is 4. The lowest BCUT2D eigenvalue weighted by molar-refractivity contribution is -0.258. The number of hydroxylamine groups is 1. The van der Waals surface area contributed by atoms with Crippen LogP contribution in [0.15, 0.2) is 146 Å². The van der Waals surface area contributed by atoms with Crippen LogP contribution in [0.1, 0.15) is 176 Å². The number of anilines is 4. The number of Topliss-reactive ketones (excluding diaryl/α,β-unsaturated/α-hetero) is 1. The van der Waals surface area contributed by atoms with Gasteiger partial charge in [-0.1, -0.05) is 88.2 Å². The highest BCUT2D eigenvalue weighted by molar-refractivity contribution is 6.85. The molecule has 2 amide bonds. The Balaban J connectivity index is 0.000000373. The molecule has 8 rings (SSSR count). The summed E-state index contributed by atoms with van der Waals surface area (Å²) in [5, 5.41) is 81.2. The topological polar surface area (TPSA) is 560 Å². The molecule has 0 radical (unpaired) electrons. The predicted octanol–water partition coefficient (Wildman–Crippen LogP) is 16.8. The minimum absolute atomic E-state index is 0.0215. The van der Waals surface area contributed by atoms with Gasteiger partial charge in [-0.15, -0.1) is 0 Å². The number of carboxylic acid groups (broad SMARTS) is 4. The third-order valence-corrected chi connectivity index (χ3v) is 35.3. The number of hydrogen-bond donors (Lipinski definition) is 16. The third kappa shape index (κ3) is 39.0. The lowest BCUT2D eigenvalue weighted by Crippen LogP contribution is -2.44. The molecule has 0 aliphatic heterocycles. The highest BCUT2D eigenvalue weighted by Gasteiger charge is 2.34. The summed E-state index contributed by atoms with van der Waals surface area (Å²) in [5.41, 5.74) is 33.9. The summed E-state index contributed by atoms with van der Waals surface area (Å²) in [6.07, 6.45) is 5.34. The summed E-state index contributed by atoms with van der Waals surface area (Å²) in [4.78, 5) is 130. The Morgan fingerprint density at radius 3 is 1.17 bits per heavy atom. The molecule has 0 saturated carbocycles. The largest absolute Gasteiger partial charge is 0.478 e. The molecule has 0 saturated heterocycles. The molecule has 0 bridgehead atoms. The van der Waals surface area contributed by atoms with Crippen molar-refractivity contribution < 1.29 is 131 Å². The van der Waals surface area contributed by atoms with E-state index in [0.29, 0.717) is 85.8 Å². The van der Waals surface area contributed by atoms with Gasteiger partial charge >= 0.3 is 35.8 Å². The second-order valence-corrected chi connectivity index (χ2v) is 51.1. The van der Waals surface area contributed by atoms with Crippen LogP contribution in [-0.2, 0) is 91.3 Å². The average molecular weight is 1900 g/mol. The van der Waals surface area contributed by atoms with Gasteiger partial charge in [0.1, 0.15) is 39.6 Å². The van der Waals surface area contributed by atoms with Crippen LogP contribution in [0.3, 0.4) is 0 Å². The SMILES string of the molecule is CC(=O)c1cc(N)cc(N)c1.CCCC[Si](C)(C)O[Si](C)(C)CCCNC(=O)c1cc(-c2ccc(COO)c(COC)c2)ccc1C(=O)O.CNOCc1cc(-c2ccc(C(=O)O)c(C(=O)Nc3cc(NC)cc(C(=O)OCCOC(=O)C(C)C)c3)c2)ccc1COO.C[Si](C)(CCCN)O[Si](C)(C)CCCN.O=C(O)c1ccc(-c2ccc(COO)c(COO)c2)cc1C(=O)O. The second-order valence-electron chi connectivity index (χ2n) is 33.4. The van der Waals surface area contributed by atoms with E-state index in [1.165, 1.54) is 80.4 Å². The molecular formula is C93H130N8O27Si4. The molecule has 0 unspecified atom stereocenters. The first kappa shape index (κ1) is 113. The minimum Gasteiger partial charge on any atom is -0.478 e. The van der Waals surface area contributed by atoms with Crippen molar-refractivity contribution in [3.63, 3.8) is 0 Å². The molecule has 720 valence electrons. The summed E-state index contributed by atoms with van der Waals surface area (Å²) < 4.78 is 28.5. The van der Waals surface area contributed by atoms with E-state index >= 15 is 0 Å². The van der Waals surface area contributed by atoms with E-state index in [1.807, 2.05) is 18.2 Å².